The molecule has 22 heavy (non-hydrogen) atoms. The summed E-state index contributed by atoms with van der Waals surface area (Å²) in [4.78, 5) is 2.49. The smallest absolute Gasteiger partial charge is 0.151 e. The summed E-state index contributed by atoms with van der Waals surface area (Å²) in [7, 11) is -2.80. The molecule has 3 unspecified atom stereocenters. The summed E-state index contributed by atoms with van der Waals surface area (Å²) in [5.74, 6) is 1.31. The van der Waals surface area contributed by atoms with Crippen molar-refractivity contribution in [1.29, 1.82) is 0 Å². The second-order valence-corrected chi connectivity index (χ2v) is 9.21. The van der Waals surface area contributed by atoms with Gasteiger partial charge in [-0.3, -0.25) is 4.90 Å². The van der Waals surface area contributed by atoms with Crippen LogP contribution in [0, 0.1) is 5.92 Å². The minimum atomic E-state index is -2.80. The topological polar surface area (TPSA) is 49.4 Å². The third-order valence-corrected chi connectivity index (χ3v) is 6.46. The van der Waals surface area contributed by atoms with Gasteiger partial charge in [-0.1, -0.05) is 37.3 Å². The first-order valence-electron chi connectivity index (χ1n) is 8.23. The molecule has 0 aromatic heterocycles. The highest BCUT2D eigenvalue weighted by Gasteiger charge is 2.32. The van der Waals surface area contributed by atoms with Crippen LogP contribution in [0.3, 0.4) is 0 Å². The van der Waals surface area contributed by atoms with E-state index in [4.69, 9.17) is 0 Å². The van der Waals surface area contributed by atoms with Gasteiger partial charge >= 0.3 is 0 Å². The zero-order valence-corrected chi connectivity index (χ0v) is 14.1. The van der Waals surface area contributed by atoms with Crippen molar-refractivity contribution in [2.75, 3.05) is 24.6 Å². The first-order chi connectivity index (χ1) is 10.5. The Hall–Kier alpha value is -0.910. The number of sulfone groups is 1. The molecule has 1 N–H and O–H groups in total. The van der Waals surface area contributed by atoms with Crippen LogP contribution in [-0.2, 0) is 16.4 Å². The van der Waals surface area contributed by atoms with Crippen molar-refractivity contribution in [3.05, 3.63) is 35.9 Å². The molecule has 1 aromatic carbocycles. The number of hydrogen-bond donors (Lipinski definition) is 1. The quantitative estimate of drug-likeness (QED) is 0.916. The van der Waals surface area contributed by atoms with Crippen LogP contribution in [0.25, 0.3) is 0 Å². The molecular weight excluding hydrogens is 296 g/mol. The van der Waals surface area contributed by atoms with Crippen molar-refractivity contribution < 1.29 is 8.42 Å². The van der Waals surface area contributed by atoms with Gasteiger partial charge in [0.1, 0.15) is 0 Å². The Labute approximate surface area is 133 Å². The number of hydrogen-bond acceptors (Lipinski definition) is 4. The maximum absolute atomic E-state index is 11.6. The largest absolute Gasteiger partial charge is 0.309 e. The van der Waals surface area contributed by atoms with Crippen LogP contribution in [-0.4, -0.2) is 50.0 Å². The Balaban J connectivity index is 1.57. The van der Waals surface area contributed by atoms with Crippen molar-refractivity contribution in [3.8, 4) is 0 Å². The van der Waals surface area contributed by atoms with Crippen LogP contribution >= 0.6 is 0 Å². The standard InChI is InChI=1S/C17H26N2O2S/c1-14-9-17(18-16-7-8-22(20,21)13-16)12-19(10-14)11-15-5-3-2-4-6-15/h2-6,14,16-18H,7-13H2,1H3. The molecule has 0 spiro atoms. The molecule has 0 saturated carbocycles. The second-order valence-electron chi connectivity index (χ2n) is 6.98. The van der Waals surface area contributed by atoms with E-state index in [1.54, 1.807) is 0 Å². The molecule has 3 rings (SSSR count). The lowest BCUT2D eigenvalue weighted by molar-refractivity contribution is 0.137. The van der Waals surface area contributed by atoms with Gasteiger partial charge in [-0.2, -0.15) is 0 Å². The van der Waals surface area contributed by atoms with Crippen molar-refractivity contribution >= 4 is 9.84 Å². The van der Waals surface area contributed by atoms with E-state index in [0.29, 0.717) is 23.5 Å². The number of likely N-dealkylation sites (tertiary alicyclic amines) is 1. The first kappa shape index (κ1) is 16.0. The van der Waals surface area contributed by atoms with Gasteiger partial charge in [-0.25, -0.2) is 8.42 Å². The fourth-order valence-corrected chi connectivity index (χ4v) is 5.50. The van der Waals surface area contributed by atoms with Crippen LogP contribution in [0.5, 0.6) is 0 Å². The Morgan fingerprint density at radius 3 is 2.64 bits per heavy atom. The van der Waals surface area contributed by atoms with Crippen molar-refractivity contribution in [2.24, 2.45) is 5.92 Å². The van der Waals surface area contributed by atoms with Crippen molar-refractivity contribution in [2.45, 2.75) is 38.4 Å². The Kier molecular flexibility index (Phi) is 4.85. The Morgan fingerprint density at radius 2 is 1.95 bits per heavy atom. The molecular formula is C17H26N2O2S. The monoisotopic (exact) mass is 322 g/mol. The molecule has 2 aliphatic heterocycles. The third kappa shape index (κ3) is 4.31. The number of benzene rings is 1. The molecule has 0 aliphatic carbocycles. The summed E-state index contributed by atoms with van der Waals surface area (Å²) in [6, 6.07) is 11.1. The summed E-state index contributed by atoms with van der Waals surface area (Å²) >= 11 is 0. The predicted molar refractivity (Wildman–Crippen MR) is 89.5 cm³/mol. The van der Waals surface area contributed by atoms with Crippen LogP contribution in [0.1, 0.15) is 25.3 Å². The zero-order valence-electron chi connectivity index (χ0n) is 13.2. The maximum Gasteiger partial charge on any atom is 0.151 e. The fourth-order valence-electron chi connectivity index (χ4n) is 3.81. The Morgan fingerprint density at radius 1 is 1.18 bits per heavy atom. The van der Waals surface area contributed by atoms with E-state index in [-0.39, 0.29) is 6.04 Å². The maximum atomic E-state index is 11.6. The number of rotatable bonds is 4. The minimum absolute atomic E-state index is 0.152. The van der Waals surface area contributed by atoms with Gasteiger partial charge in [-0.05, 0) is 24.3 Å². The molecule has 1 aromatic rings. The lowest BCUT2D eigenvalue weighted by Crippen LogP contribution is -2.51. The molecule has 2 heterocycles. The number of nitrogens with zero attached hydrogens (tertiary/aromatic N) is 1. The molecule has 3 atom stereocenters. The van der Waals surface area contributed by atoms with E-state index in [2.05, 4.69) is 41.4 Å². The van der Waals surface area contributed by atoms with E-state index >= 15 is 0 Å². The second kappa shape index (κ2) is 6.69. The lowest BCUT2D eigenvalue weighted by Gasteiger charge is -2.38. The SMILES string of the molecule is CC1CC(NC2CCS(=O)(=O)C2)CN(Cc2ccccc2)C1. The highest BCUT2D eigenvalue weighted by Crippen LogP contribution is 2.21. The van der Waals surface area contributed by atoms with E-state index in [0.717, 1.165) is 32.5 Å². The fraction of sp³-hybridized carbons (Fsp3) is 0.647. The van der Waals surface area contributed by atoms with Gasteiger partial charge in [0.05, 0.1) is 11.5 Å². The van der Waals surface area contributed by atoms with E-state index in [1.807, 2.05) is 6.07 Å². The lowest BCUT2D eigenvalue weighted by atomic mass is 9.95. The van der Waals surface area contributed by atoms with Crippen LogP contribution in [0.4, 0.5) is 0 Å². The average molecular weight is 322 g/mol. The van der Waals surface area contributed by atoms with Crippen molar-refractivity contribution in [3.63, 3.8) is 0 Å². The summed E-state index contributed by atoms with van der Waals surface area (Å²) in [5.41, 5.74) is 1.35. The normalized spacial score (nSPS) is 32.1. The van der Waals surface area contributed by atoms with Gasteiger partial charge in [0.25, 0.3) is 0 Å². The highest BCUT2D eigenvalue weighted by molar-refractivity contribution is 7.91. The third-order valence-electron chi connectivity index (χ3n) is 4.69. The van der Waals surface area contributed by atoms with Gasteiger partial charge in [0.2, 0.25) is 0 Å². The Bertz CT molecular complexity index is 588. The molecule has 0 amide bonds. The molecule has 2 aliphatic rings. The van der Waals surface area contributed by atoms with Crippen LogP contribution in [0.15, 0.2) is 30.3 Å². The van der Waals surface area contributed by atoms with Crippen LogP contribution < -0.4 is 5.32 Å². The molecule has 4 nitrogen and oxygen atoms in total. The molecule has 2 saturated heterocycles. The van der Waals surface area contributed by atoms with Gasteiger partial charge in [0, 0.05) is 31.7 Å². The zero-order chi connectivity index (χ0) is 15.6. The van der Waals surface area contributed by atoms with Gasteiger partial charge in [-0.15, -0.1) is 0 Å². The molecule has 0 bridgehead atoms. The van der Waals surface area contributed by atoms with Gasteiger partial charge in [0.15, 0.2) is 9.84 Å². The summed E-state index contributed by atoms with van der Waals surface area (Å²) in [6.07, 6.45) is 1.91. The first-order valence-corrected chi connectivity index (χ1v) is 10.0. The number of nitrogens with one attached hydrogen (secondary N) is 1. The van der Waals surface area contributed by atoms with E-state index < -0.39 is 9.84 Å². The molecule has 5 heteroatoms. The average Bonchev–Trinajstić information content (AvgIpc) is 2.78. The molecule has 122 valence electrons. The predicted octanol–water partition coefficient (Wildman–Crippen LogP) is 1.67. The molecule has 2 fully saturated rings. The number of piperidine rings is 1. The summed E-state index contributed by atoms with van der Waals surface area (Å²) < 4.78 is 23.2. The van der Waals surface area contributed by atoms with E-state index in [1.165, 1.54) is 5.56 Å². The van der Waals surface area contributed by atoms with E-state index in [9.17, 15) is 8.42 Å². The minimum Gasteiger partial charge on any atom is -0.309 e. The molecule has 0 radical (unpaired) electrons. The summed E-state index contributed by atoms with van der Waals surface area (Å²) in [5, 5.41) is 3.60. The summed E-state index contributed by atoms with van der Waals surface area (Å²) in [6.45, 7) is 5.40. The van der Waals surface area contributed by atoms with Gasteiger partial charge < -0.3 is 5.32 Å². The van der Waals surface area contributed by atoms with Crippen LogP contribution in [0.2, 0.25) is 0 Å². The highest BCUT2D eigenvalue weighted by atomic mass is 32.2. The van der Waals surface area contributed by atoms with Crippen molar-refractivity contribution in [1.82, 2.24) is 10.2 Å².